The fourth-order valence-corrected chi connectivity index (χ4v) is 3.33. The van der Waals surface area contributed by atoms with Crippen LogP contribution in [0.15, 0.2) is 55.2 Å². The first-order valence-electron chi connectivity index (χ1n) is 8.39. The number of fused-ring (bicyclic) bond motifs is 2. The van der Waals surface area contributed by atoms with Crippen LogP contribution in [0.4, 0.5) is 8.78 Å². The van der Waals surface area contributed by atoms with E-state index in [0.29, 0.717) is 15.6 Å². The molecule has 0 spiro atoms. The summed E-state index contributed by atoms with van der Waals surface area (Å²) in [6, 6.07) is 2.47. The molecule has 30 heavy (non-hydrogen) atoms. The summed E-state index contributed by atoms with van der Waals surface area (Å²) in [5.74, 6) is -2.45. The van der Waals surface area contributed by atoms with Gasteiger partial charge in [0, 0.05) is 21.4 Å². The molecule has 0 atom stereocenters. The zero-order chi connectivity index (χ0) is 22.0. The van der Waals surface area contributed by atoms with Crippen LogP contribution >= 0.6 is 31.9 Å². The number of carbonyl (C=O) groups excluding carboxylic acids is 2. The minimum atomic E-state index is -0.694. The fraction of sp³-hybridized carbons (Fsp3) is 0.167. The zero-order valence-corrected chi connectivity index (χ0v) is 18.4. The monoisotopic (exact) mass is 544 g/mol. The number of amides is 2. The van der Waals surface area contributed by atoms with Crippen molar-refractivity contribution < 1.29 is 23.1 Å². The quantitative estimate of drug-likeness (QED) is 0.540. The van der Waals surface area contributed by atoms with Crippen molar-refractivity contribution in [1.82, 2.24) is 14.3 Å². The van der Waals surface area contributed by atoms with Gasteiger partial charge >= 0.3 is 0 Å². The van der Waals surface area contributed by atoms with Crippen LogP contribution in [0.5, 0.6) is 5.88 Å². The molecule has 2 amide bonds. The fourth-order valence-electron chi connectivity index (χ4n) is 2.52. The molecule has 12 heteroatoms. The maximum absolute atomic E-state index is 13.5. The van der Waals surface area contributed by atoms with Crippen molar-refractivity contribution in [2.24, 2.45) is 4.99 Å². The summed E-state index contributed by atoms with van der Waals surface area (Å²) in [7, 11) is 0. The average molecular weight is 546 g/mol. The molecular formula is C18H12Br2F2N4O4. The first kappa shape index (κ1) is 22.0. The van der Waals surface area contributed by atoms with Gasteiger partial charge in [0.25, 0.3) is 11.5 Å². The molecule has 0 radical (unpaired) electrons. The second-order valence-electron chi connectivity index (χ2n) is 5.84. The summed E-state index contributed by atoms with van der Waals surface area (Å²) < 4.78 is 33.9. The van der Waals surface area contributed by atoms with Crippen LogP contribution in [0.1, 0.15) is 13.3 Å². The Morgan fingerprint density at radius 3 is 2.63 bits per heavy atom. The van der Waals surface area contributed by atoms with Crippen LogP contribution in [0.25, 0.3) is 5.65 Å². The Kier molecular flexibility index (Phi) is 6.56. The van der Waals surface area contributed by atoms with E-state index in [4.69, 9.17) is 4.74 Å². The van der Waals surface area contributed by atoms with Gasteiger partial charge in [0.15, 0.2) is 23.1 Å². The SMILES string of the molecule is CCOc1cc(=O)n2cc(Br)cc(F)c2n1.O=C1CC(=O)N2C=C(Br)C=C(F)C2=N1. The van der Waals surface area contributed by atoms with Crippen LogP contribution < -0.4 is 10.3 Å². The van der Waals surface area contributed by atoms with Crippen LogP contribution in [0, 0.1) is 5.82 Å². The molecule has 0 saturated heterocycles. The molecule has 0 bridgehead atoms. The Morgan fingerprint density at radius 2 is 1.93 bits per heavy atom. The van der Waals surface area contributed by atoms with Crippen LogP contribution in [-0.4, -0.2) is 38.5 Å². The highest BCUT2D eigenvalue weighted by molar-refractivity contribution is 9.12. The van der Waals surface area contributed by atoms with Gasteiger partial charge in [-0.15, -0.1) is 0 Å². The molecule has 0 saturated carbocycles. The minimum absolute atomic E-state index is 0.0425. The number of halogens is 4. The van der Waals surface area contributed by atoms with E-state index < -0.39 is 23.5 Å². The number of rotatable bonds is 2. The lowest BCUT2D eigenvalue weighted by Gasteiger charge is -2.24. The topological polar surface area (TPSA) is 93.3 Å². The number of amidine groups is 1. The zero-order valence-electron chi connectivity index (χ0n) is 15.2. The lowest BCUT2D eigenvalue weighted by atomic mass is 10.2. The lowest BCUT2D eigenvalue weighted by Crippen LogP contribution is -2.39. The summed E-state index contributed by atoms with van der Waals surface area (Å²) in [5.41, 5.74) is -0.423. The molecule has 4 rings (SSSR count). The van der Waals surface area contributed by atoms with Crippen molar-refractivity contribution >= 4 is 55.2 Å². The number of hydrogen-bond acceptors (Lipinski definition) is 5. The van der Waals surface area contributed by atoms with Crippen LogP contribution in [-0.2, 0) is 9.59 Å². The summed E-state index contributed by atoms with van der Waals surface area (Å²) >= 11 is 6.15. The predicted molar refractivity (Wildman–Crippen MR) is 110 cm³/mol. The first-order valence-corrected chi connectivity index (χ1v) is 9.98. The van der Waals surface area contributed by atoms with Gasteiger partial charge in [0.1, 0.15) is 6.42 Å². The molecule has 0 aliphatic carbocycles. The van der Waals surface area contributed by atoms with Crippen molar-refractivity contribution in [3.8, 4) is 5.88 Å². The summed E-state index contributed by atoms with van der Waals surface area (Å²) in [4.78, 5) is 42.2. The van der Waals surface area contributed by atoms with Gasteiger partial charge in [-0.25, -0.2) is 8.78 Å². The Morgan fingerprint density at radius 1 is 1.20 bits per heavy atom. The molecule has 0 N–H and O–H groups in total. The number of nitrogens with zero attached hydrogens (tertiary/aromatic N) is 4. The number of allylic oxidation sites excluding steroid dienone is 2. The number of hydrogen-bond donors (Lipinski definition) is 0. The van der Waals surface area contributed by atoms with E-state index in [0.717, 1.165) is 15.4 Å². The standard InChI is InChI=1S/C10H8BrFN2O2.C8H4BrFN2O2/c1-2-16-8-4-9(15)14-5-6(11)3-7(12)10(14)13-8;9-4-1-5(10)8-11-6(13)2-7(14)12(8)3-4/h3-5H,2H2,1H3;1,3H,2H2. The molecule has 0 aromatic carbocycles. The van der Waals surface area contributed by atoms with Gasteiger partial charge in [-0.05, 0) is 50.9 Å². The Labute approximate surface area is 184 Å². The third-order valence-corrected chi connectivity index (χ3v) is 4.58. The largest absolute Gasteiger partial charge is 0.478 e. The van der Waals surface area contributed by atoms with Gasteiger partial charge in [-0.1, -0.05) is 0 Å². The van der Waals surface area contributed by atoms with Gasteiger partial charge in [-0.3, -0.25) is 23.7 Å². The molecular weight excluding hydrogens is 534 g/mol. The third kappa shape index (κ3) is 4.70. The number of aromatic nitrogens is 2. The van der Waals surface area contributed by atoms with E-state index >= 15 is 0 Å². The van der Waals surface area contributed by atoms with E-state index in [2.05, 4.69) is 41.8 Å². The van der Waals surface area contributed by atoms with Gasteiger partial charge < -0.3 is 4.74 Å². The Hall–Kier alpha value is -2.73. The molecule has 4 heterocycles. The Balaban J connectivity index is 0.000000172. The van der Waals surface area contributed by atoms with Gasteiger partial charge in [0.2, 0.25) is 11.8 Å². The lowest BCUT2D eigenvalue weighted by molar-refractivity contribution is -0.131. The van der Waals surface area contributed by atoms with Crippen molar-refractivity contribution in [2.75, 3.05) is 6.61 Å². The smallest absolute Gasteiger partial charge is 0.261 e. The molecule has 2 aliphatic rings. The minimum Gasteiger partial charge on any atom is -0.478 e. The second kappa shape index (κ2) is 8.96. The Bertz CT molecular complexity index is 1210. The average Bonchev–Trinajstić information content (AvgIpc) is 2.65. The predicted octanol–water partition coefficient (Wildman–Crippen LogP) is 3.24. The highest BCUT2D eigenvalue weighted by Gasteiger charge is 2.31. The number of carbonyl (C=O) groups is 2. The summed E-state index contributed by atoms with van der Waals surface area (Å²) in [5, 5.41) is 0. The van der Waals surface area contributed by atoms with E-state index in [-0.39, 0.29) is 29.3 Å². The molecule has 2 aromatic rings. The highest BCUT2D eigenvalue weighted by atomic mass is 79.9. The van der Waals surface area contributed by atoms with Crippen LogP contribution in [0.3, 0.4) is 0 Å². The van der Waals surface area contributed by atoms with Gasteiger partial charge in [0.05, 0.1) is 12.7 Å². The van der Waals surface area contributed by atoms with E-state index in [9.17, 15) is 23.2 Å². The summed E-state index contributed by atoms with van der Waals surface area (Å²) in [6.07, 6.45) is 3.69. The molecule has 2 aliphatic heterocycles. The highest BCUT2D eigenvalue weighted by Crippen LogP contribution is 2.24. The van der Waals surface area contributed by atoms with E-state index in [1.807, 2.05) is 0 Å². The van der Waals surface area contributed by atoms with E-state index in [1.54, 1.807) is 6.92 Å². The van der Waals surface area contributed by atoms with Crippen molar-refractivity contribution in [3.05, 3.63) is 61.6 Å². The molecule has 0 unspecified atom stereocenters. The molecule has 2 aromatic heterocycles. The second-order valence-corrected chi connectivity index (χ2v) is 7.67. The van der Waals surface area contributed by atoms with Crippen molar-refractivity contribution in [1.29, 1.82) is 0 Å². The van der Waals surface area contributed by atoms with Crippen molar-refractivity contribution in [3.63, 3.8) is 0 Å². The first-order chi connectivity index (χ1) is 14.2. The molecule has 8 nitrogen and oxygen atoms in total. The number of pyridine rings is 1. The molecule has 0 fully saturated rings. The number of aliphatic imine (C=N–C) groups is 1. The summed E-state index contributed by atoms with van der Waals surface area (Å²) in [6.45, 7) is 2.14. The normalized spacial score (nSPS) is 15.6. The maximum atomic E-state index is 13.5. The number of ether oxygens (including phenoxy) is 1. The third-order valence-electron chi connectivity index (χ3n) is 3.71. The maximum Gasteiger partial charge on any atom is 0.261 e. The van der Waals surface area contributed by atoms with Gasteiger partial charge in [-0.2, -0.15) is 9.98 Å². The molecule has 156 valence electrons. The van der Waals surface area contributed by atoms with Crippen LogP contribution in [0.2, 0.25) is 0 Å². The van der Waals surface area contributed by atoms with Crippen molar-refractivity contribution in [2.45, 2.75) is 13.3 Å². The van der Waals surface area contributed by atoms with E-state index in [1.165, 1.54) is 24.5 Å².